The topological polar surface area (TPSA) is 108 Å². The van der Waals surface area contributed by atoms with Crippen molar-refractivity contribution >= 4 is 29.2 Å². The van der Waals surface area contributed by atoms with Crippen LogP contribution in [0.5, 0.6) is 17.2 Å². The Morgan fingerprint density at radius 1 is 1.17 bits per heavy atom. The quantitative estimate of drug-likeness (QED) is 0.218. The second-order valence-electron chi connectivity index (χ2n) is 7.93. The van der Waals surface area contributed by atoms with Crippen molar-refractivity contribution in [3.05, 3.63) is 86.6 Å². The van der Waals surface area contributed by atoms with Gasteiger partial charge in [0, 0.05) is 11.6 Å². The van der Waals surface area contributed by atoms with Crippen molar-refractivity contribution in [2.45, 2.75) is 32.6 Å². The van der Waals surface area contributed by atoms with Gasteiger partial charge in [-0.15, -0.1) is 0 Å². The number of esters is 1. The lowest BCUT2D eigenvalue weighted by Gasteiger charge is -2.25. The molecule has 1 aromatic heterocycles. The standard InChI is InChI=1S/C26H22Cl2N2O5/c1-3-4-9-32-24-19(27)10-15(11-20(24)28)26(31)34-16-6-7-17-22(12-16)35-25(30)18(13-29)23(17)21-8-5-14(2)33-21/h5-8,10-12,23H,3-4,9,30H2,1-2H3. The molecule has 2 heterocycles. The van der Waals surface area contributed by atoms with Crippen LogP contribution < -0.4 is 19.9 Å². The third-order valence-corrected chi connectivity index (χ3v) is 5.99. The van der Waals surface area contributed by atoms with E-state index in [0.29, 0.717) is 35.2 Å². The maximum Gasteiger partial charge on any atom is 0.343 e. The number of hydrogen-bond acceptors (Lipinski definition) is 7. The molecule has 0 fully saturated rings. The average molecular weight is 513 g/mol. The van der Waals surface area contributed by atoms with E-state index in [4.69, 9.17) is 47.6 Å². The van der Waals surface area contributed by atoms with Gasteiger partial charge in [-0.05, 0) is 43.7 Å². The van der Waals surface area contributed by atoms with Crippen molar-refractivity contribution < 1.29 is 23.4 Å². The Morgan fingerprint density at radius 3 is 2.54 bits per heavy atom. The molecule has 0 spiro atoms. The third kappa shape index (κ3) is 5.09. The van der Waals surface area contributed by atoms with Gasteiger partial charge in [0.2, 0.25) is 5.88 Å². The molecule has 3 aromatic rings. The van der Waals surface area contributed by atoms with Crippen LogP contribution in [0.2, 0.25) is 10.0 Å². The molecule has 0 saturated carbocycles. The van der Waals surface area contributed by atoms with Gasteiger partial charge in [-0.25, -0.2) is 4.79 Å². The SMILES string of the molecule is CCCCOc1c(Cl)cc(C(=O)Oc2ccc3c(c2)OC(N)=C(C#N)C3c2ccc(C)o2)cc1Cl. The zero-order valence-electron chi connectivity index (χ0n) is 19.1. The fraction of sp³-hybridized carbons (Fsp3) is 0.231. The number of allylic oxidation sites excluding steroid dienone is 1. The van der Waals surface area contributed by atoms with E-state index in [1.54, 1.807) is 18.2 Å². The Hall–Kier alpha value is -3.60. The Labute approximate surface area is 212 Å². The van der Waals surface area contributed by atoms with Crippen molar-refractivity contribution in [1.29, 1.82) is 5.26 Å². The average Bonchev–Trinajstić information content (AvgIpc) is 3.25. The number of carbonyl (C=O) groups excluding carboxylic acids is 1. The first-order valence-electron chi connectivity index (χ1n) is 10.9. The highest BCUT2D eigenvalue weighted by atomic mass is 35.5. The molecule has 0 bridgehead atoms. The van der Waals surface area contributed by atoms with E-state index >= 15 is 0 Å². The van der Waals surface area contributed by atoms with Gasteiger partial charge in [0.25, 0.3) is 0 Å². The van der Waals surface area contributed by atoms with E-state index in [1.807, 2.05) is 19.9 Å². The van der Waals surface area contributed by atoms with Gasteiger partial charge < -0.3 is 24.4 Å². The number of furan rings is 1. The van der Waals surface area contributed by atoms with E-state index in [1.165, 1.54) is 18.2 Å². The maximum absolute atomic E-state index is 12.8. The minimum Gasteiger partial charge on any atom is -0.490 e. The number of ether oxygens (including phenoxy) is 3. The maximum atomic E-state index is 12.8. The molecule has 0 radical (unpaired) electrons. The summed E-state index contributed by atoms with van der Waals surface area (Å²) < 4.78 is 22.6. The van der Waals surface area contributed by atoms with Crippen LogP contribution in [0.15, 0.2) is 58.3 Å². The van der Waals surface area contributed by atoms with Crippen LogP contribution >= 0.6 is 23.2 Å². The molecule has 9 heteroatoms. The van der Waals surface area contributed by atoms with Gasteiger partial charge >= 0.3 is 5.97 Å². The highest BCUT2D eigenvalue weighted by molar-refractivity contribution is 6.37. The van der Waals surface area contributed by atoms with E-state index in [9.17, 15) is 10.1 Å². The number of hydrogen-bond donors (Lipinski definition) is 1. The molecule has 180 valence electrons. The van der Waals surface area contributed by atoms with Gasteiger partial charge in [-0.2, -0.15) is 5.26 Å². The minimum absolute atomic E-state index is 0.0419. The summed E-state index contributed by atoms with van der Waals surface area (Å²) in [5, 5.41) is 10.1. The second-order valence-corrected chi connectivity index (χ2v) is 8.75. The Morgan fingerprint density at radius 2 is 1.91 bits per heavy atom. The molecule has 7 nitrogen and oxygen atoms in total. The molecule has 1 aliphatic heterocycles. The van der Waals surface area contributed by atoms with Crippen molar-refractivity contribution in [2.24, 2.45) is 5.73 Å². The van der Waals surface area contributed by atoms with Gasteiger partial charge in [-0.1, -0.05) is 42.6 Å². The monoisotopic (exact) mass is 512 g/mol. The first-order valence-corrected chi connectivity index (χ1v) is 11.7. The summed E-state index contributed by atoms with van der Waals surface area (Å²) >= 11 is 12.6. The number of aryl methyl sites for hydroxylation is 1. The molecule has 4 rings (SSSR count). The second kappa shape index (κ2) is 10.3. The number of nitrogens with zero attached hydrogens (tertiary/aromatic N) is 1. The lowest BCUT2D eigenvalue weighted by atomic mass is 9.87. The van der Waals surface area contributed by atoms with Crippen LogP contribution in [-0.4, -0.2) is 12.6 Å². The van der Waals surface area contributed by atoms with Gasteiger partial charge in [0.1, 0.15) is 34.7 Å². The molecule has 0 amide bonds. The molecule has 2 aromatic carbocycles. The summed E-state index contributed by atoms with van der Waals surface area (Å²) in [6.45, 7) is 4.33. The number of unbranched alkanes of at least 4 members (excludes halogenated alkanes) is 1. The highest BCUT2D eigenvalue weighted by Crippen LogP contribution is 2.44. The number of rotatable bonds is 7. The van der Waals surface area contributed by atoms with Crippen LogP contribution in [-0.2, 0) is 0 Å². The van der Waals surface area contributed by atoms with Crippen LogP contribution in [0.4, 0.5) is 0 Å². The first kappa shape index (κ1) is 24.5. The minimum atomic E-state index is -0.663. The predicted octanol–water partition coefficient (Wildman–Crippen LogP) is 6.51. The summed E-state index contributed by atoms with van der Waals surface area (Å²) in [7, 11) is 0. The summed E-state index contributed by atoms with van der Waals surface area (Å²) in [6.07, 6.45) is 1.82. The molecule has 35 heavy (non-hydrogen) atoms. The van der Waals surface area contributed by atoms with Crippen molar-refractivity contribution in [3.63, 3.8) is 0 Å². The molecule has 2 N–H and O–H groups in total. The number of carbonyl (C=O) groups is 1. The Kier molecular flexibility index (Phi) is 7.25. The predicted molar refractivity (Wildman–Crippen MR) is 131 cm³/mol. The van der Waals surface area contributed by atoms with Gasteiger partial charge in [-0.3, -0.25) is 0 Å². The van der Waals surface area contributed by atoms with Crippen LogP contribution in [0.1, 0.15) is 53.1 Å². The molecule has 1 atom stereocenters. The van der Waals surface area contributed by atoms with E-state index < -0.39 is 11.9 Å². The zero-order chi connectivity index (χ0) is 25.1. The van der Waals surface area contributed by atoms with Crippen molar-refractivity contribution in [3.8, 4) is 23.3 Å². The van der Waals surface area contributed by atoms with Crippen LogP contribution in [0, 0.1) is 18.3 Å². The largest absolute Gasteiger partial charge is 0.490 e. The first-order chi connectivity index (χ1) is 16.8. The number of benzene rings is 2. The third-order valence-electron chi connectivity index (χ3n) is 5.43. The lowest BCUT2D eigenvalue weighted by molar-refractivity contribution is 0.0734. The highest BCUT2D eigenvalue weighted by Gasteiger charge is 2.33. The van der Waals surface area contributed by atoms with Crippen LogP contribution in [0.25, 0.3) is 0 Å². The number of fused-ring (bicyclic) bond motifs is 1. The molecule has 1 aliphatic rings. The van der Waals surface area contributed by atoms with Gasteiger partial charge in [0.15, 0.2) is 5.75 Å². The summed E-state index contributed by atoms with van der Waals surface area (Å²) in [5.41, 5.74) is 7.08. The van der Waals surface area contributed by atoms with Crippen molar-refractivity contribution in [1.82, 2.24) is 0 Å². The number of halogens is 2. The fourth-order valence-corrected chi connectivity index (χ4v) is 4.30. The van der Waals surface area contributed by atoms with Crippen LogP contribution in [0.3, 0.4) is 0 Å². The number of nitriles is 1. The Bertz CT molecular complexity index is 1330. The Balaban J connectivity index is 1.59. The molecular weight excluding hydrogens is 491 g/mol. The van der Waals surface area contributed by atoms with Gasteiger partial charge in [0.05, 0.1) is 28.1 Å². The zero-order valence-corrected chi connectivity index (χ0v) is 20.6. The normalized spacial score (nSPS) is 14.7. The summed E-state index contributed by atoms with van der Waals surface area (Å²) in [4.78, 5) is 12.8. The lowest BCUT2D eigenvalue weighted by Crippen LogP contribution is -2.21. The fourth-order valence-electron chi connectivity index (χ4n) is 3.70. The van der Waals surface area contributed by atoms with E-state index in [2.05, 4.69) is 6.07 Å². The summed E-state index contributed by atoms with van der Waals surface area (Å²) in [5.74, 6) is 0.906. The van der Waals surface area contributed by atoms with E-state index in [-0.39, 0.29) is 32.8 Å². The van der Waals surface area contributed by atoms with Crippen molar-refractivity contribution in [2.75, 3.05) is 6.61 Å². The molecule has 0 saturated heterocycles. The van der Waals surface area contributed by atoms with E-state index in [0.717, 1.165) is 12.8 Å². The summed E-state index contributed by atoms with van der Waals surface area (Å²) in [6, 6.07) is 13.4. The number of nitrogens with two attached hydrogens (primary N) is 1. The molecular formula is C26H22Cl2N2O5. The molecule has 0 aliphatic carbocycles. The molecule has 1 unspecified atom stereocenters. The smallest absolute Gasteiger partial charge is 0.343 e.